The lowest BCUT2D eigenvalue weighted by molar-refractivity contribution is 0.254. The molecular formula is C16H25N3. The summed E-state index contributed by atoms with van der Waals surface area (Å²) >= 11 is 0. The van der Waals surface area contributed by atoms with Crippen LogP contribution in [-0.2, 0) is 13.0 Å². The number of nitrogens with zero attached hydrogens (tertiary/aromatic N) is 2. The van der Waals surface area contributed by atoms with Crippen LogP contribution in [0.25, 0.3) is 11.0 Å². The molecule has 2 rings (SSSR count). The molecule has 1 atom stereocenters. The Labute approximate surface area is 116 Å². The molecule has 0 aliphatic carbocycles. The Morgan fingerprint density at radius 1 is 1.26 bits per heavy atom. The van der Waals surface area contributed by atoms with Crippen LogP contribution < -0.4 is 5.32 Å². The van der Waals surface area contributed by atoms with E-state index < -0.39 is 0 Å². The second-order valence-corrected chi connectivity index (χ2v) is 6.19. The average molecular weight is 259 g/mol. The van der Waals surface area contributed by atoms with Crippen LogP contribution in [0.3, 0.4) is 0 Å². The number of benzene rings is 1. The minimum absolute atomic E-state index is 0.227. The smallest absolute Gasteiger partial charge is 0.109 e. The third-order valence-corrected chi connectivity index (χ3v) is 3.81. The molecule has 1 heterocycles. The van der Waals surface area contributed by atoms with Crippen molar-refractivity contribution in [3.8, 4) is 0 Å². The summed E-state index contributed by atoms with van der Waals surface area (Å²) in [6, 6.07) is 8.83. The van der Waals surface area contributed by atoms with Crippen molar-refractivity contribution in [2.24, 2.45) is 5.41 Å². The Morgan fingerprint density at radius 3 is 2.53 bits per heavy atom. The summed E-state index contributed by atoms with van der Waals surface area (Å²) in [5, 5.41) is 3.45. The topological polar surface area (TPSA) is 29.9 Å². The number of hydrogen-bond donors (Lipinski definition) is 1. The van der Waals surface area contributed by atoms with Gasteiger partial charge in [0.05, 0.1) is 11.0 Å². The Bertz CT molecular complexity index is 549. The molecule has 1 unspecified atom stereocenters. The van der Waals surface area contributed by atoms with Gasteiger partial charge in [0.15, 0.2) is 0 Å². The van der Waals surface area contributed by atoms with E-state index in [-0.39, 0.29) is 5.41 Å². The third kappa shape index (κ3) is 2.81. The molecule has 0 saturated heterocycles. The zero-order chi connectivity index (χ0) is 14.0. The second-order valence-electron chi connectivity index (χ2n) is 6.19. The van der Waals surface area contributed by atoms with Gasteiger partial charge in [-0.1, -0.05) is 39.8 Å². The predicted molar refractivity (Wildman–Crippen MR) is 81.4 cm³/mol. The summed E-state index contributed by atoms with van der Waals surface area (Å²) in [6.07, 6.45) is 0.968. The molecule has 3 nitrogen and oxygen atoms in total. The Hall–Kier alpha value is -1.35. The zero-order valence-corrected chi connectivity index (χ0v) is 12.7. The molecule has 0 aliphatic rings. The Kier molecular flexibility index (Phi) is 3.95. The molecule has 2 aromatic rings. The SMILES string of the molecule is CCc1nc2ccccc2n1CC(NC)C(C)(C)C. The first-order valence-electron chi connectivity index (χ1n) is 7.08. The first-order valence-corrected chi connectivity index (χ1v) is 7.08. The van der Waals surface area contributed by atoms with Crippen LogP contribution in [0.2, 0.25) is 0 Å². The first kappa shape index (κ1) is 14.1. The van der Waals surface area contributed by atoms with Crippen molar-refractivity contribution in [3.05, 3.63) is 30.1 Å². The fraction of sp³-hybridized carbons (Fsp3) is 0.562. The van der Waals surface area contributed by atoms with Gasteiger partial charge < -0.3 is 9.88 Å². The van der Waals surface area contributed by atoms with Crippen LogP contribution in [0, 0.1) is 5.41 Å². The maximum Gasteiger partial charge on any atom is 0.109 e. The van der Waals surface area contributed by atoms with Crippen molar-refractivity contribution in [3.63, 3.8) is 0 Å². The number of likely N-dealkylation sites (N-methyl/N-ethyl adjacent to an activating group) is 1. The molecule has 0 fully saturated rings. The minimum Gasteiger partial charge on any atom is -0.326 e. The highest BCUT2D eigenvalue weighted by Gasteiger charge is 2.24. The van der Waals surface area contributed by atoms with Crippen molar-refractivity contribution in [2.45, 2.75) is 46.7 Å². The van der Waals surface area contributed by atoms with E-state index in [0.29, 0.717) is 6.04 Å². The molecular weight excluding hydrogens is 234 g/mol. The number of aromatic nitrogens is 2. The van der Waals surface area contributed by atoms with E-state index in [4.69, 9.17) is 4.98 Å². The number of hydrogen-bond acceptors (Lipinski definition) is 2. The minimum atomic E-state index is 0.227. The van der Waals surface area contributed by atoms with Crippen LogP contribution in [0.4, 0.5) is 0 Å². The summed E-state index contributed by atoms with van der Waals surface area (Å²) in [4.78, 5) is 4.74. The summed E-state index contributed by atoms with van der Waals surface area (Å²) in [7, 11) is 2.04. The fourth-order valence-electron chi connectivity index (χ4n) is 2.58. The summed E-state index contributed by atoms with van der Waals surface area (Å²) in [5.41, 5.74) is 2.57. The van der Waals surface area contributed by atoms with E-state index in [1.165, 1.54) is 11.3 Å². The van der Waals surface area contributed by atoms with Gasteiger partial charge in [0.1, 0.15) is 5.82 Å². The van der Waals surface area contributed by atoms with Gasteiger partial charge in [-0.25, -0.2) is 4.98 Å². The maximum atomic E-state index is 4.74. The van der Waals surface area contributed by atoms with E-state index in [0.717, 1.165) is 18.5 Å². The maximum absolute atomic E-state index is 4.74. The van der Waals surface area contributed by atoms with Gasteiger partial charge in [0.25, 0.3) is 0 Å². The van der Waals surface area contributed by atoms with Crippen molar-refractivity contribution in [1.82, 2.24) is 14.9 Å². The average Bonchev–Trinajstić information content (AvgIpc) is 2.72. The highest BCUT2D eigenvalue weighted by Crippen LogP contribution is 2.24. The molecule has 19 heavy (non-hydrogen) atoms. The normalized spacial score (nSPS) is 13.9. The van der Waals surface area contributed by atoms with Crippen LogP contribution in [0.15, 0.2) is 24.3 Å². The lowest BCUT2D eigenvalue weighted by atomic mass is 9.86. The molecule has 1 aromatic heterocycles. The van der Waals surface area contributed by atoms with Gasteiger partial charge in [-0.05, 0) is 24.6 Å². The highest BCUT2D eigenvalue weighted by molar-refractivity contribution is 5.75. The van der Waals surface area contributed by atoms with Crippen molar-refractivity contribution in [1.29, 1.82) is 0 Å². The van der Waals surface area contributed by atoms with E-state index >= 15 is 0 Å². The molecule has 0 aliphatic heterocycles. The predicted octanol–water partition coefficient (Wildman–Crippen LogP) is 3.23. The summed E-state index contributed by atoms with van der Waals surface area (Å²) in [6.45, 7) is 9.96. The van der Waals surface area contributed by atoms with Crippen LogP contribution >= 0.6 is 0 Å². The second kappa shape index (κ2) is 5.33. The highest BCUT2D eigenvalue weighted by atomic mass is 15.1. The molecule has 0 amide bonds. The molecule has 0 saturated carbocycles. The fourth-order valence-corrected chi connectivity index (χ4v) is 2.58. The molecule has 0 bridgehead atoms. The van der Waals surface area contributed by atoms with Crippen LogP contribution in [-0.4, -0.2) is 22.6 Å². The lowest BCUT2D eigenvalue weighted by Gasteiger charge is -2.31. The number of para-hydroxylation sites is 2. The third-order valence-electron chi connectivity index (χ3n) is 3.81. The zero-order valence-electron chi connectivity index (χ0n) is 12.7. The van der Waals surface area contributed by atoms with E-state index in [2.05, 4.69) is 61.8 Å². The Morgan fingerprint density at radius 2 is 1.95 bits per heavy atom. The largest absolute Gasteiger partial charge is 0.326 e. The van der Waals surface area contributed by atoms with Gasteiger partial charge in [-0.2, -0.15) is 0 Å². The standard InChI is InChI=1S/C16H25N3/c1-6-15-18-12-9-7-8-10-13(12)19(15)11-14(17-5)16(2,3)4/h7-10,14,17H,6,11H2,1-5H3. The summed E-state index contributed by atoms with van der Waals surface area (Å²) in [5.74, 6) is 1.17. The lowest BCUT2D eigenvalue weighted by Crippen LogP contribution is -2.41. The van der Waals surface area contributed by atoms with E-state index in [9.17, 15) is 0 Å². The molecule has 104 valence electrons. The molecule has 1 N–H and O–H groups in total. The molecule has 0 radical (unpaired) electrons. The number of imidazole rings is 1. The quantitative estimate of drug-likeness (QED) is 0.913. The number of fused-ring (bicyclic) bond motifs is 1. The molecule has 1 aromatic carbocycles. The van der Waals surface area contributed by atoms with Crippen LogP contribution in [0.5, 0.6) is 0 Å². The monoisotopic (exact) mass is 259 g/mol. The van der Waals surface area contributed by atoms with Gasteiger partial charge in [-0.15, -0.1) is 0 Å². The molecule has 3 heteroatoms. The van der Waals surface area contributed by atoms with Crippen molar-refractivity contribution >= 4 is 11.0 Å². The van der Waals surface area contributed by atoms with E-state index in [1.807, 2.05) is 7.05 Å². The molecule has 0 spiro atoms. The number of rotatable bonds is 4. The summed E-state index contributed by atoms with van der Waals surface area (Å²) < 4.78 is 2.36. The van der Waals surface area contributed by atoms with Crippen LogP contribution in [0.1, 0.15) is 33.5 Å². The van der Waals surface area contributed by atoms with Gasteiger partial charge in [-0.3, -0.25) is 0 Å². The van der Waals surface area contributed by atoms with Gasteiger partial charge in [0.2, 0.25) is 0 Å². The van der Waals surface area contributed by atoms with E-state index in [1.54, 1.807) is 0 Å². The van der Waals surface area contributed by atoms with Gasteiger partial charge in [0, 0.05) is 19.0 Å². The van der Waals surface area contributed by atoms with Crippen molar-refractivity contribution in [2.75, 3.05) is 7.05 Å². The van der Waals surface area contributed by atoms with Crippen molar-refractivity contribution < 1.29 is 0 Å². The number of nitrogens with one attached hydrogen (secondary N) is 1. The first-order chi connectivity index (χ1) is 8.97. The number of aryl methyl sites for hydroxylation is 1. The Balaban J connectivity index is 2.43. The van der Waals surface area contributed by atoms with Gasteiger partial charge >= 0.3 is 0 Å².